The lowest BCUT2D eigenvalue weighted by Crippen LogP contribution is -2.15. The van der Waals surface area contributed by atoms with Crippen LogP contribution in [0.2, 0.25) is 0 Å². The molecule has 6 nitrogen and oxygen atoms in total. The fraction of sp³-hybridized carbons (Fsp3) is 0.154. The predicted molar refractivity (Wildman–Crippen MR) is 68.6 cm³/mol. The Labute approximate surface area is 113 Å². The highest BCUT2D eigenvalue weighted by Gasteiger charge is 2.09. The van der Waals surface area contributed by atoms with E-state index in [0.717, 1.165) is 0 Å². The monoisotopic (exact) mass is 277 g/mol. The van der Waals surface area contributed by atoms with E-state index < -0.39 is 17.7 Å². The van der Waals surface area contributed by atoms with Crippen LogP contribution < -0.4 is 5.32 Å². The second-order valence-corrected chi connectivity index (χ2v) is 4.14. The van der Waals surface area contributed by atoms with Gasteiger partial charge in [-0.2, -0.15) is 5.10 Å². The van der Waals surface area contributed by atoms with Gasteiger partial charge in [-0.05, 0) is 11.6 Å². The molecule has 0 fully saturated rings. The van der Waals surface area contributed by atoms with E-state index in [1.54, 1.807) is 12.1 Å². The van der Waals surface area contributed by atoms with Gasteiger partial charge in [0.25, 0.3) is 0 Å². The number of carboxylic acid groups (broad SMARTS) is 1. The first-order chi connectivity index (χ1) is 9.54. The van der Waals surface area contributed by atoms with Crippen LogP contribution in [-0.4, -0.2) is 26.8 Å². The normalized spacial score (nSPS) is 10.2. The molecule has 1 amide bonds. The van der Waals surface area contributed by atoms with Crippen LogP contribution in [0.25, 0.3) is 0 Å². The highest BCUT2D eigenvalue weighted by molar-refractivity contribution is 5.92. The van der Waals surface area contributed by atoms with E-state index in [9.17, 15) is 14.0 Å². The maximum atomic E-state index is 13.4. The minimum absolute atomic E-state index is 0.100. The number of nitrogens with one attached hydrogen (secondary N) is 1. The Morgan fingerprint density at radius 3 is 2.80 bits per heavy atom. The number of aromatic nitrogens is 2. The lowest BCUT2D eigenvalue weighted by Gasteiger charge is -2.03. The molecule has 0 saturated heterocycles. The van der Waals surface area contributed by atoms with Gasteiger partial charge in [0.05, 0.1) is 18.3 Å². The summed E-state index contributed by atoms with van der Waals surface area (Å²) in [5, 5.41) is 14.9. The number of carbonyl (C=O) groups is 2. The van der Waals surface area contributed by atoms with Gasteiger partial charge in [-0.3, -0.25) is 14.3 Å². The first-order valence-electron chi connectivity index (χ1n) is 5.82. The van der Waals surface area contributed by atoms with Gasteiger partial charge in [0.1, 0.15) is 12.4 Å². The molecule has 2 aromatic rings. The van der Waals surface area contributed by atoms with Crippen molar-refractivity contribution >= 4 is 17.6 Å². The highest BCUT2D eigenvalue weighted by Crippen LogP contribution is 2.10. The summed E-state index contributed by atoms with van der Waals surface area (Å²) in [4.78, 5) is 22.2. The van der Waals surface area contributed by atoms with Crippen LogP contribution in [0.4, 0.5) is 10.1 Å². The van der Waals surface area contributed by atoms with Crippen molar-refractivity contribution in [1.82, 2.24) is 9.78 Å². The molecule has 0 atom stereocenters. The molecule has 2 N–H and O–H groups in total. The number of carbonyl (C=O) groups excluding carboxylic acids is 1. The molecule has 7 heteroatoms. The molecule has 0 aliphatic heterocycles. The van der Waals surface area contributed by atoms with Crippen LogP contribution in [-0.2, 0) is 22.6 Å². The van der Waals surface area contributed by atoms with Gasteiger partial charge in [0.15, 0.2) is 0 Å². The zero-order valence-corrected chi connectivity index (χ0v) is 10.4. The number of amides is 1. The first kappa shape index (κ1) is 13.7. The van der Waals surface area contributed by atoms with Crippen molar-refractivity contribution in [3.8, 4) is 0 Å². The molecule has 104 valence electrons. The third kappa shape index (κ3) is 3.64. The fourth-order valence-electron chi connectivity index (χ4n) is 1.67. The highest BCUT2D eigenvalue weighted by atomic mass is 19.1. The van der Waals surface area contributed by atoms with Crippen LogP contribution in [0.15, 0.2) is 36.7 Å². The van der Waals surface area contributed by atoms with E-state index >= 15 is 0 Å². The fourth-order valence-corrected chi connectivity index (χ4v) is 1.67. The Morgan fingerprint density at radius 1 is 1.35 bits per heavy atom. The number of hydrogen-bond acceptors (Lipinski definition) is 3. The average Bonchev–Trinajstić information content (AvgIpc) is 2.78. The summed E-state index contributed by atoms with van der Waals surface area (Å²) in [6.45, 7) is -0.289. The molecule has 0 radical (unpaired) electrons. The van der Waals surface area contributed by atoms with Gasteiger partial charge >= 0.3 is 5.97 Å². The molecule has 0 spiro atoms. The van der Waals surface area contributed by atoms with Crippen LogP contribution in [0.5, 0.6) is 0 Å². The molecular formula is C13H12FN3O3. The number of anilines is 1. The largest absolute Gasteiger partial charge is 0.480 e. The third-order valence-electron chi connectivity index (χ3n) is 2.52. The third-order valence-corrected chi connectivity index (χ3v) is 2.52. The minimum Gasteiger partial charge on any atom is -0.480 e. The van der Waals surface area contributed by atoms with Crippen molar-refractivity contribution < 1.29 is 19.1 Å². The molecule has 2 rings (SSSR count). The number of carboxylic acids is 1. The van der Waals surface area contributed by atoms with Crippen LogP contribution >= 0.6 is 0 Å². The Bertz CT molecular complexity index is 639. The smallest absolute Gasteiger partial charge is 0.325 e. The lowest BCUT2D eigenvalue weighted by atomic mass is 10.1. The second-order valence-electron chi connectivity index (χ2n) is 4.14. The van der Waals surface area contributed by atoms with Gasteiger partial charge < -0.3 is 10.4 Å². The number of hydrogen-bond donors (Lipinski definition) is 2. The van der Waals surface area contributed by atoms with Crippen LogP contribution in [0.1, 0.15) is 5.56 Å². The zero-order valence-electron chi connectivity index (χ0n) is 10.4. The van der Waals surface area contributed by atoms with Crippen LogP contribution in [0.3, 0.4) is 0 Å². The van der Waals surface area contributed by atoms with Gasteiger partial charge in [-0.1, -0.05) is 18.2 Å². The molecular weight excluding hydrogens is 265 g/mol. The molecule has 0 unspecified atom stereocenters. The standard InChI is InChI=1S/C13H12FN3O3/c14-11-4-2-1-3-9(11)5-12(18)16-10-6-15-17(7-10)8-13(19)20/h1-4,6-7H,5,8H2,(H,16,18)(H,19,20). The Kier molecular flexibility index (Phi) is 4.09. The van der Waals surface area contributed by atoms with Crippen molar-refractivity contribution in [2.75, 3.05) is 5.32 Å². The van der Waals surface area contributed by atoms with Gasteiger partial charge in [-0.15, -0.1) is 0 Å². The first-order valence-corrected chi connectivity index (χ1v) is 5.82. The van der Waals surface area contributed by atoms with Crippen molar-refractivity contribution in [3.05, 3.63) is 48.0 Å². The lowest BCUT2D eigenvalue weighted by molar-refractivity contribution is -0.137. The average molecular weight is 277 g/mol. The SMILES string of the molecule is O=C(O)Cn1cc(NC(=O)Cc2ccccc2F)cn1. The van der Waals surface area contributed by atoms with Gasteiger partial charge in [-0.25, -0.2) is 4.39 Å². The summed E-state index contributed by atoms with van der Waals surface area (Å²) < 4.78 is 14.6. The van der Waals surface area contributed by atoms with Crippen molar-refractivity contribution in [1.29, 1.82) is 0 Å². The number of rotatable bonds is 5. The van der Waals surface area contributed by atoms with E-state index in [-0.39, 0.29) is 13.0 Å². The molecule has 0 saturated carbocycles. The van der Waals surface area contributed by atoms with E-state index in [4.69, 9.17) is 5.11 Å². The molecule has 0 aliphatic rings. The van der Waals surface area contributed by atoms with E-state index in [0.29, 0.717) is 11.3 Å². The Balaban J connectivity index is 1.96. The van der Waals surface area contributed by atoms with Gasteiger partial charge in [0.2, 0.25) is 5.91 Å². The van der Waals surface area contributed by atoms with Crippen LogP contribution in [0, 0.1) is 5.82 Å². The molecule has 1 aromatic carbocycles. The summed E-state index contributed by atoms with van der Waals surface area (Å²) >= 11 is 0. The minimum atomic E-state index is -1.03. The van der Waals surface area contributed by atoms with E-state index in [2.05, 4.69) is 10.4 Å². The summed E-state index contributed by atoms with van der Waals surface area (Å²) in [7, 11) is 0. The van der Waals surface area contributed by atoms with Crippen molar-refractivity contribution in [3.63, 3.8) is 0 Å². The van der Waals surface area contributed by atoms with Crippen molar-refractivity contribution in [2.45, 2.75) is 13.0 Å². The summed E-state index contributed by atoms with van der Waals surface area (Å²) in [5.74, 6) is -1.87. The quantitative estimate of drug-likeness (QED) is 0.862. The topological polar surface area (TPSA) is 84.2 Å². The number of aliphatic carboxylic acids is 1. The maximum absolute atomic E-state index is 13.4. The Morgan fingerprint density at radius 2 is 2.10 bits per heavy atom. The predicted octanol–water partition coefficient (Wildman–Crippen LogP) is 1.29. The zero-order chi connectivity index (χ0) is 14.5. The summed E-state index contributed by atoms with van der Waals surface area (Å²) in [5.41, 5.74) is 0.663. The Hall–Kier alpha value is -2.70. The maximum Gasteiger partial charge on any atom is 0.325 e. The number of benzene rings is 1. The molecule has 20 heavy (non-hydrogen) atoms. The number of halogens is 1. The van der Waals surface area contributed by atoms with E-state index in [1.807, 2.05) is 0 Å². The summed E-state index contributed by atoms with van der Waals surface area (Å²) in [6.07, 6.45) is 2.63. The molecule has 0 bridgehead atoms. The van der Waals surface area contributed by atoms with E-state index in [1.165, 1.54) is 29.2 Å². The summed E-state index contributed by atoms with van der Waals surface area (Å²) in [6, 6.07) is 6.01. The van der Waals surface area contributed by atoms with Crippen molar-refractivity contribution in [2.24, 2.45) is 0 Å². The second kappa shape index (κ2) is 5.96. The number of nitrogens with zero attached hydrogens (tertiary/aromatic N) is 2. The van der Waals surface area contributed by atoms with Gasteiger partial charge in [0, 0.05) is 6.20 Å². The molecule has 1 aromatic heterocycles. The molecule has 0 aliphatic carbocycles. The molecule has 1 heterocycles.